The first-order valence-corrected chi connectivity index (χ1v) is 35.0. The molecule has 0 amide bonds. The molecule has 0 rings (SSSR count). The summed E-state index contributed by atoms with van der Waals surface area (Å²) in [4.78, 5) is 25.6. The summed E-state index contributed by atoms with van der Waals surface area (Å²) in [7, 11) is 9.19. The summed E-state index contributed by atoms with van der Waals surface area (Å²) >= 11 is 0. The molecule has 8 heteroatoms. The van der Waals surface area contributed by atoms with Crippen molar-refractivity contribution in [1.82, 2.24) is 0 Å². The van der Waals surface area contributed by atoms with Crippen molar-refractivity contribution in [2.45, 2.75) is 350 Å². The smallest absolute Gasteiger partial charge is 0.0782 e. The highest BCUT2D eigenvalue weighted by molar-refractivity contribution is 7.40. The van der Waals surface area contributed by atoms with Crippen molar-refractivity contribution in [2.24, 2.45) is 0 Å². The van der Waals surface area contributed by atoms with E-state index in [1.165, 1.54) is 361 Å². The zero-order chi connectivity index (χ0) is 56.2. The molecule has 0 saturated carbocycles. The van der Waals surface area contributed by atoms with Crippen LogP contribution in [-0.4, -0.2) is 95.0 Å². The van der Waals surface area contributed by atoms with E-state index in [1.54, 1.807) is 0 Å². The highest BCUT2D eigenvalue weighted by atomic mass is 31.2. The van der Waals surface area contributed by atoms with E-state index in [0.29, 0.717) is 0 Å². The number of hydrogen-bond donors (Lipinski definition) is 0. The Morgan fingerprint density at radius 1 is 0.203 bits per heavy atom. The normalized spacial score (nSPS) is 12.0. The Labute approximate surface area is 469 Å². The largest absolute Gasteiger partial charge is 0.822 e. The van der Waals surface area contributed by atoms with Gasteiger partial charge in [-0.05, 0) is 77.0 Å². The molecule has 0 aromatic carbocycles. The fourth-order valence-corrected chi connectivity index (χ4v) is 10.4. The first kappa shape index (κ1) is 80.5. The van der Waals surface area contributed by atoms with E-state index in [9.17, 15) is 0 Å². The minimum atomic E-state index is -5.39. The number of quaternary nitrogens is 3. The predicted octanol–water partition coefficient (Wildman–Crippen LogP) is 19.2. The van der Waals surface area contributed by atoms with Crippen molar-refractivity contribution >= 4 is 7.82 Å². The van der Waals surface area contributed by atoms with Crippen LogP contribution in [0, 0.1) is 0 Å². The fraction of sp³-hybridized carbons (Fsp3) is 1.00. The van der Waals surface area contributed by atoms with Crippen LogP contribution in [0.1, 0.15) is 350 Å². The molecule has 0 aliphatic heterocycles. The van der Waals surface area contributed by atoms with Crippen LogP contribution in [0.3, 0.4) is 0 Å². The number of phosphoric acid groups is 1. The van der Waals surface area contributed by atoms with Crippen molar-refractivity contribution in [2.75, 3.05) is 81.6 Å². The van der Waals surface area contributed by atoms with E-state index in [2.05, 4.69) is 83.8 Å². The standard InChI is InChI=1S/3C22H48N.H3O4P/c3*1-5-7-9-11-13-14-15-16-18-20-22-23(3,4)21-19-17-12-10-8-6-2;1-5(2,3)4/h3*5-22H2,1-4H3;(H3,1,2,3,4)/q3*+1;/p-3. The summed E-state index contributed by atoms with van der Waals surface area (Å²) in [6.07, 6.45) is 69.1. The SMILES string of the molecule is CCCCCCCCCCCC[N+](C)(C)CCCCCCCC.CCCCCCCCCCCC[N+](C)(C)CCCCCCCC.CCCCCCCCCCCC[N+](C)(C)CCCCCCCC.O=P([O-])([O-])[O-]. The van der Waals surface area contributed by atoms with Gasteiger partial charge in [0.15, 0.2) is 0 Å². The molecule has 0 fully saturated rings. The maximum absolute atomic E-state index is 8.55. The van der Waals surface area contributed by atoms with Gasteiger partial charge in [0.05, 0.1) is 81.6 Å². The van der Waals surface area contributed by atoms with E-state index >= 15 is 0 Å². The lowest BCUT2D eigenvalue weighted by Gasteiger charge is -2.36. The Bertz CT molecular complexity index is 944. The van der Waals surface area contributed by atoms with Gasteiger partial charge in [-0.25, -0.2) is 0 Å². The highest BCUT2D eigenvalue weighted by Gasteiger charge is 2.15. The molecular formula is C66H144N3O4P. The maximum Gasteiger partial charge on any atom is 0.0782 e. The predicted molar refractivity (Wildman–Crippen MR) is 329 cm³/mol. The summed E-state index contributed by atoms with van der Waals surface area (Å²) in [5, 5.41) is 0. The maximum atomic E-state index is 8.55. The lowest BCUT2D eigenvalue weighted by atomic mass is 10.1. The topological polar surface area (TPSA) is 86.2 Å². The van der Waals surface area contributed by atoms with Crippen LogP contribution in [0.25, 0.3) is 0 Å². The van der Waals surface area contributed by atoms with Crippen LogP contribution >= 0.6 is 7.82 Å². The molecule has 0 saturated heterocycles. The second-order valence-electron chi connectivity index (χ2n) is 25.4. The van der Waals surface area contributed by atoms with Crippen molar-refractivity contribution in [3.63, 3.8) is 0 Å². The third-order valence-electron chi connectivity index (χ3n) is 15.7. The van der Waals surface area contributed by atoms with Crippen molar-refractivity contribution in [3.05, 3.63) is 0 Å². The Morgan fingerprint density at radius 3 is 0.378 bits per heavy atom. The molecule has 0 aromatic rings. The van der Waals surface area contributed by atoms with Gasteiger partial charge in [0.2, 0.25) is 0 Å². The number of unbranched alkanes of at least 4 members (excludes halogenated alkanes) is 42. The fourth-order valence-electron chi connectivity index (χ4n) is 10.4. The lowest BCUT2D eigenvalue weighted by molar-refractivity contribution is -0.890. The second-order valence-corrected chi connectivity index (χ2v) is 26.3. The molecule has 0 bridgehead atoms. The third-order valence-corrected chi connectivity index (χ3v) is 15.7. The van der Waals surface area contributed by atoms with E-state index < -0.39 is 7.82 Å². The highest BCUT2D eigenvalue weighted by Crippen LogP contribution is 2.17. The molecule has 0 N–H and O–H groups in total. The minimum absolute atomic E-state index is 1.24. The zero-order valence-electron chi connectivity index (χ0n) is 53.6. The molecule has 0 spiro atoms. The third kappa shape index (κ3) is 83.3. The summed E-state index contributed by atoms with van der Waals surface area (Å²) in [5.74, 6) is 0. The molecule has 0 unspecified atom stereocenters. The van der Waals surface area contributed by atoms with Gasteiger partial charge < -0.3 is 32.7 Å². The van der Waals surface area contributed by atoms with Gasteiger partial charge in [-0.3, -0.25) is 0 Å². The molecule has 0 radical (unpaired) electrons. The Kier molecular flexibility index (Phi) is 67.6. The number of rotatable bonds is 54. The van der Waals surface area contributed by atoms with E-state index in [4.69, 9.17) is 19.2 Å². The molecule has 0 aromatic heterocycles. The molecule has 0 aliphatic rings. The lowest BCUT2D eigenvalue weighted by Crippen LogP contribution is -2.41. The molecular weight excluding hydrogens is 930 g/mol. The first-order valence-electron chi connectivity index (χ1n) is 33.6. The monoisotopic (exact) mass is 1070 g/mol. The van der Waals surface area contributed by atoms with Gasteiger partial charge in [0, 0.05) is 0 Å². The van der Waals surface area contributed by atoms with E-state index in [0.717, 1.165) is 0 Å². The van der Waals surface area contributed by atoms with Crippen molar-refractivity contribution < 1.29 is 32.7 Å². The van der Waals surface area contributed by atoms with E-state index in [1.807, 2.05) is 0 Å². The van der Waals surface area contributed by atoms with Crippen LogP contribution in [-0.2, 0) is 4.57 Å². The quantitative estimate of drug-likeness (QED) is 0.0345. The molecule has 0 atom stereocenters. The molecule has 452 valence electrons. The zero-order valence-corrected chi connectivity index (χ0v) is 54.5. The molecule has 74 heavy (non-hydrogen) atoms. The van der Waals surface area contributed by atoms with Crippen LogP contribution in [0.2, 0.25) is 0 Å². The summed E-state index contributed by atoms with van der Waals surface area (Å²) in [5.41, 5.74) is 0. The van der Waals surface area contributed by atoms with Crippen molar-refractivity contribution in [1.29, 1.82) is 0 Å². The average Bonchev–Trinajstić information content (AvgIpc) is 3.34. The van der Waals surface area contributed by atoms with Gasteiger partial charge in [-0.15, -0.1) is 0 Å². The Morgan fingerprint density at radius 2 is 0.284 bits per heavy atom. The van der Waals surface area contributed by atoms with Crippen LogP contribution < -0.4 is 14.7 Å². The average molecular weight is 1070 g/mol. The number of nitrogens with zero attached hydrogens (tertiary/aromatic N) is 3. The molecule has 0 aliphatic carbocycles. The van der Waals surface area contributed by atoms with E-state index in [-0.39, 0.29) is 0 Å². The van der Waals surface area contributed by atoms with Crippen molar-refractivity contribution in [3.8, 4) is 0 Å². The summed E-state index contributed by atoms with van der Waals surface area (Å²) < 4.78 is 12.3. The van der Waals surface area contributed by atoms with Gasteiger partial charge >= 0.3 is 0 Å². The number of hydrogen-bond acceptors (Lipinski definition) is 4. The van der Waals surface area contributed by atoms with Crippen LogP contribution in [0.4, 0.5) is 0 Å². The van der Waals surface area contributed by atoms with Gasteiger partial charge in [0.25, 0.3) is 0 Å². The molecule has 0 heterocycles. The summed E-state index contributed by atoms with van der Waals surface area (Å²) in [6, 6.07) is 0. The van der Waals surface area contributed by atoms with Gasteiger partial charge in [0.1, 0.15) is 0 Å². The Balaban J connectivity index is -0.000000473. The van der Waals surface area contributed by atoms with Gasteiger partial charge in [-0.2, -0.15) is 7.82 Å². The van der Waals surface area contributed by atoms with Crippen LogP contribution in [0.5, 0.6) is 0 Å². The minimum Gasteiger partial charge on any atom is -0.822 e. The summed E-state index contributed by atoms with van der Waals surface area (Å²) in [6.45, 7) is 22.1. The van der Waals surface area contributed by atoms with Gasteiger partial charge in [-0.1, -0.05) is 273 Å². The Hall–Kier alpha value is -0.0100. The second kappa shape index (κ2) is 62.2. The molecule has 7 nitrogen and oxygen atoms in total. The van der Waals surface area contributed by atoms with Crippen LogP contribution in [0.15, 0.2) is 0 Å². The first-order chi connectivity index (χ1) is 35.4.